The van der Waals surface area contributed by atoms with Gasteiger partial charge in [0.2, 0.25) is 0 Å². The monoisotopic (exact) mass is 456 g/mol. The number of hydrogen-bond donors (Lipinski definition) is 2. The fourth-order valence-corrected chi connectivity index (χ4v) is 5.08. The Morgan fingerprint density at radius 1 is 1.28 bits per heavy atom. The minimum atomic E-state index is -0.918. The standard InChI is InChI=1S/C25H29ClN2O4/c1-4-32-18-10-12-28(21(13-18)16-5-7-17(8-6-16)25(29)30)14-20-19-9-11-27-23(19)15(2)22(26)24(20)31-3/h5-9,11,18,21,27H,4,10,12-14H2,1-3H3,(H,29,30)/t18-,21-/m1/s1. The second kappa shape index (κ2) is 9.53. The normalized spacial score (nSPS) is 19.4. The number of aromatic nitrogens is 1. The van der Waals surface area contributed by atoms with E-state index in [1.54, 1.807) is 19.2 Å². The lowest BCUT2D eigenvalue weighted by Gasteiger charge is -2.40. The molecular formula is C25H29ClN2O4. The Balaban J connectivity index is 1.72. The van der Waals surface area contributed by atoms with E-state index in [1.807, 2.05) is 32.2 Å². The summed E-state index contributed by atoms with van der Waals surface area (Å²) in [6.45, 7) is 6.22. The maximum absolute atomic E-state index is 11.3. The summed E-state index contributed by atoms with van der Waals surface area (Å²) in [6, 6.07) is 9.35. The lowest BCUT2D eigenvalue weighted by Crippen LogP contribution is -2.39. The topological polar surface area (TPSA) is 74.8 Å². The first kappa shape index (κ1) is 22.6. The van der Waals surface area contributed by atoms with Crippen LogP contribution in [0.25, 0.3) is 10.9 Å². The summed E-state index contributed by atoms with van der Waals surface area (Å²) >= 11 is 6.68. The van der Waals surface area contributed by atoms with Gasteiger partial charge in [0.15, 0.2) is 0 Å². The number of aromatic carboxylic acids is 1. The van der Waals surface area contributed by atoms with Gasteiger partial charge in [0.1, 0.15) is 5.75 Å². The van der Waals surface area contributed by atoms with Crippen molar-refractivity contribution in [1.82, 2.24) is 9.88 Å². The number of fused-ring (bicyclic) bond motifs is 1. The molecule has 2 atom stereocenters. The first-order chi connectivity index (χ1) is 15.4. The number of hydrogen-bond acceptors (Lipinski definition) is 4. The van der Waals surface area contributed by atoms with E-state index in [1.165, 1.54) is 0 Å². The highest BCUT2D eigenvalue weighted by Crippen LogP contribution is 2.42. The number of nitrogens with zero attached hydrogens (tertiary/aromatic N) is 1. The van der Waals surface area contributed by atoms with Gasteiger partial charge in [-0.3, -0.25) is 4.90 Å². The maximum Gasteiger partial charge on any atom is 0.335 e. The SMILES string of the molecule is CCO[C@@H]1CCN(Cc2c(OC)c(Cl)c(C)c3[nH]ccc23)[C@@H](c2ccc(C(=O)O)cc2)C1. The van der Waals surface area contributed by atoms with Crippen molar-refractivity contribution in [3.63, 3.8) is 0 Å². The summed E-state index contributed by atoms with van der Waals surface area (Å²) in [5.41, 5.74) is 4.43. The number of aryl methyl sites for hydroxylation is 1. The molecule has 170 valence electrons. The van der Waals surface area contributed by atoms with Gasteiger partial charge < -0.3 is 19.6 Å². The molecule has 3 aromatic rings. The smallest absolute Gasteiger partial charge is 0.335 e. The van der Waals surface area contributed by atoms with Crippen molar-refractivity contribution < 1.29 is 19.4 Å². The predicted octanol–water partition coefficient (Wildman–Crippen LogP) is 5.58. The van der Waals surface area contributed by atoms with E-state index in [9.17, 15) is 9.90 Å². The third-order valence-electron chi connectivity index (χ3n) is 6.43. The van der Waals surface area contributed by atoms with Crippen LogP contribution in [0.5, 0.6) is 5.75 Å². The van der Waals surface area contributed by atoms with Crippen LogP contribution in [0.3, 0.4) is 0 Å². The number of methoxy groups -OCH3 is 1. The zero-order valence-corrected chi connectivity index (χ0v) is 19.4. The van der Waals surface area contributed by atoms with Gasteiger partial charge in [-0.05, 0) is 56.0 Å². The summed E-state index contributed by atoms with van der Waals surface area (Å²) in [5.74, 6) is -0.207. The lowest BCUT2D eigenvalue weighted by molar-refractivity contribution is -0.0138. The van der Waals surface area contributed by atoms with E-state index in [-0.39, 0.29) is 12.1 Å². The number of rotatable bonds is 7. The quantitative estimate of drug-likeness (QED) is 0.485. The second-order valence-electron chi connectivity index (χ2n) is 8.23. The molecule has 1 aliphatic heterocycles. The maximum atomic E-state index is 11.3. The van der Waals surface area contributed by atoms with E-state index < -0.39 is 5.97 Å². The van der Waals surface area contributed by atoms with Crippen LogP contribution in [-0.2, 0) is 11.3 Å². The number of carbonyl (C=O) groups is 1. The highest BCUT2D eigenvalue weighted by atomic mass is 35.5. The molecular weight excluding hydrogens is 428 g/mol. The van der Waals surface area contributed by atoms with Crippen LogP contribution in [0.2, 0.25) is 5.02 Å². The molecule has 2 N–H and O–H groups in total. The Kier molecular flexibility index (Phi) is 6.74. The first-order valence-corrected chi connectivity index (χ1v) is 11.3. The predicted molar refractivity (Wildman–Crippen MR) is 126 cm³/mol. The minimum Gasteiger partial charge on any atom is -0.495 e. The Morgan fingerprint density at radius 3 is 2.69 bits per heavy atom. The molecule has 0 bridgehead atoms. The average Bonchev–Trinajstić information content (AvgIpc) is 3.29. The van der Waals surface area contributed by atoms with Crippen molar-refractivity contribution in [1.29, 1.82) is 0 Å². The van der Waals surface area contributed by atoms with Crippen LogP contribution >= 0.6 is 11.6 Å². The first-order valence-electron chi connectivity index (χ1n) is 11.0. The van der Waals surface area contributed by atoms with Crippen molar-refractivity contribution in [3.8, 4) is 5.75 Å². The van der Waals surface area contributed by atoms with Crippen LogP contribution in [-0.4, -0.2) is 47.3 Å². The van der Waals surface area contributed by atoms with Gasteiger partial charge in [0, 0.05) is 42.9 Å². The Bertz CT molecular complexity index is 1110. The van der Waals surface area contributed by atoms with Gasteiger partial charge in [-0.2, -0.15) is 0 Å². The summed E-state index contributed by atoms with van der Waals surface area (Å²) < 4.78 is 11.7. The molecule has 1 fully saturated rings. The highest BCUT2D eigenvalue weighted by Gasteiger charge is 2.32. The largest absolute Gasteiger partial charge is 0.495 e. The number of H-pyrrole nitrogens is 1. The summed E-state index contributed by atoms with van der Waals surface area (Å²) in [4.78, 5) is 17.0. The molecule has 1 aliphatic rings. The number of carboxylic acids is 1. The van der Waals surface area contributed by atoms with Crippen LogP contribution in [0.15, 0.2) is 36.5 Å². The van der Waals surface area contributed by atoms with Crippen LogP contribution in [0.1, 0.15) is 52.9 Å². The van der Waals surface area contributed by atoms with E-state index >= 15 is 0 Å². The molecule has 0 unspecified atom stereocenters. The fraction of sp³-hybridized carbons (Fsp3) is 0.400. The van der Waals surface area contributed by atoms with E-state index in [4.69, 9.17) is 21.1 Å². The summed E-state index contributed by atoms with van der Waals surface area (Å²) in [5, 5.41) is 11.0. The Morgan fingerprint density at radius 2 is 2.03 bits per heavy atom. The molecule has 1 saturated heterocycles. The van der Waals surface area contributed by atoms with Gasteiger partial charge in [-0.15, -0.1) is 0 Å². The highest BCUT2D eigenvalue weighted by molar-refractivity contribution is 6.34. The summed E-state index contributed by atoms with van der Waals surface area (Å²) in [7, 11) is 1.66. The average molecular weight is 457 g/mol. The van der Waals surface area contributed by atoms with Crippen molar-refractivity contribution in [2.45, 2.75) is 45.4 Å². The number of halogens is 1. The molecule has 0 aliphatic carbocycles. The van der Waals surface area contributed by atoms with E-state index in [0.717, 1.165) is 47.0 Å². The molecule has 4 rings (SSSR count). The molecule has 0 saturated carbocycles. The Hall–Kier alpha value is -2.54. The number of piperidine rings is 1. The number of nitrogens with one attached hydrogen (secondary N) is 1. The van der Waals surface area contributed by atoms with Crippen LogP contribution in [0, 0.1) is 6.92 Å². The van der Waals surface area contributed by atoms with E-state index in [2.05, 4.69) is 16.0 Å². The molecule has 2 aromatic carbocycles. The number of carboxylic acid groups (broad SMARTS) is 1. The number of aromatic amines is 1. The minimum absolute atomic E-state index is 0.0990. The van der Waals surface area contributed by atoms with Gasteiger partial charge in [0.25, 0.3) is 0 Å². The molecule has 2 heterocycles. The van der Waals surface area contributed by atoms with Crippen molar-refractivity contribution in [2.24, 2.45) is 0 Å². The van der Waals surface area contributed by atoms with Gasteiger partial charge in [0.05, 0.1) is 29.3 Å². The van der Waals surface area contributed by atoms with Crippen LogP contribution in [0.4, 0.5) is 0 Å². The van der Waals surface area contributed by atoms with Crippen molar-refractivity contribution in [2.75, 3.05) is 20.3 Å². The van der Waals surface area contributed by atoms with Crippen molar-refractivity contribution in [3.05, 3.63) is 63.8 Å². The molecule has 6 nitrogen and oxygen atoms in total. The van der Waals surface area contributed by atoms with Gasteiger partial charge in [-0.25, -0.2) is 4.79 Å². The number of benzene rings is 2. The number of ether oxygens (including phenoxy) is 2. The van der Waals surface area contributed by atoms with Gasteiger partial charge >= 0.3 is 5.97 Å². The zero-order chi connectivity index (χ0) is 22.8. The van der Waals surface area contributed by atoms with Crippen molar-refractivity contribution >= 4 is 28.5 Å². The molecule has 0 amide bonds. The number of likely N-dealkylation sites (tertiary alicyclic amines) is 1. The second-order valence-corrected chi connectivity index (χ2v) is 8.61. The fourth-order valence-electron chi connectivity index (χ4n) is 4.79. The Labute approximate surface area is 193 Å². The zero-order valence-electron chi connectivity index (χ0n) is 18.7. The molecule has 1 aromatic heterocycles. The lowest BCUT2D eigenvalue weighted by atomic mass is 9.91. The molecule has 32 heavy (non-hydrogen) atoms. The van der Waals surface area contributed by atoms with Crippen LogP contribution < -0.4 is 4.74 Å². The summed E-state index contributed by atoms with van der Waals surface area (Å²) in [6.07, 6.45) is 3.89. The van der Waals surface area contributed by atoms with Gasteiger partial charge in [-0.1, -0.05) is 23.7 Å². The molecule has 7 heteroatoms. The molecule has 0 radical (unpaired) electrons. The molecule has 0 spiro atoms. The third kappa shape index (κ3) is 4.22. The van der Waals surface area contributed by atoms with E-state index in [0.29, 0.717) is 29.5 Å². The third-order valence-corrected chi connectivity index (χ3v) is 6.88.